The Bertz CT molecular complexity index is 1520. The number of anilines is 1. The highest BCUT2D eigenvalue weighted by molar-refractivity contribution is 6.05. The van der Waals surface area contributed by atoms with Crippen molar-refractivity contribution in [1.82, 2.24) is 9.78 Å². The third-order valence-electron chi connectivity index (χ3n) is 6.47. The highest BCUT2D eigenvalue weighted by Gasteiger charge is 2.29. The number of nitrogens with zero attached hydrogens (tertiary/aromatic N) is 2. The van der Waals surface area contributed by atoms with Crippen LogP contribution >= 0.6 is 0 Å². The van der Waals surface area contributed by atoms with Gasteiger partial charge in [0.15, 0.2) is 17.2 Å². The number of nitrogens with two attached hydrogens (primary N) is 1. The number of aryl methyl sites for hydroxylation is 2. The zero-order valence-corrected chi connectivity index (χ0v) is 19.0. The summed E-state index contributed by atoms with van der Waals surface area (Å²) in [5.41, 5.74) is 12.4. The van der Waals surface area contributed by atoms with E-state index >= 15 is 0 Å². The van der Waals surface area contributed by atoms with Crippen molar-refractivity contribution in [1.29, 1.82) is 0 Å². The Morgan fingerprint density at radius 3 is 2.66 bits per heavy atom. The third-order valence-corrected chi connectivity index (χ3v) is 6.47. The number of carbonyl (C=O) groups is 2. The molecule has 4 aromatic rings. The minimum absolute atomic E-state index is 0.162. The van der Waals surface area contributed by atoms with Crippen LogP contribution in [0.2, 0.25) is 0 Å². The summed E-state index contributed by atoms with van der Waals surface area (Å²) >= 11 is 0. The lowest BCUT2D eigenvalue weighted by atomic mass is 9.88. The Labute approximate surface area is 201 Å². The standard InChI is InChI=1S/C27H22N4O4/c1-15-4-2-3-5-19(15)27(33)29-17-8-6-16-7-10-20-24(26(28)32)30-31(25(20)21(16)12-17)18-9-11-22-23(13-18)35-14-34-22/h2-6,8-9,11-13H,7,10,14H2,1H3,(H2,28,32)(H,29,33). The molecule has 8 heteroatoms. The van der Waals surface area contributed by atoms with E-state index in [-0.39, 0.29) is 18.4 Å². The first kappa shape index (κ1) is 21.0. The molecule has 1 aromatic heterocycles. The maximum atomic E-state index is 12.9. The van der Waals surface area contributed by atoms with Crippen LogP contribution in [0, 0.1) is 6.92 Å². The summed E-state index contributed by atoms with van der Waals surface area (Å²) in [6.45, 7) is 2.07. The van der Waals surface area contributed by atoms with Crippen molar-refractivity contribution < 1.29 is 19.1 Å². The maximum absolute atomic E-state index is 12.9. The van der Waals surface area contributed by atoms with Crippen LogP contribution in [0.3, 0.4) is 0 Å². The lowest BCUT2D eigenvalue weighted by Gasteiger charge is -2.20. The topological polar surface area (TPSA) is 108 Å². The number of rotatable bonds is 4. The van der Waals surface area contributed by atoms with Gasteiger partial charge in [0.05, 0.1) is 11.4 Å². The second-order valence-electron chi connectivity index (χ2n) is 8.63. The van der Waals surface area contributed by atoms with Gasteiger partial charge in [0, 0.05) is 28.4 Å². The molecule has 2 amide bonds. The minimum Gasteiger partial charge on any atom is -0.454 e. The summed E-state index contributed by atoms with van der Waals surface area (Å²) in [6, 6.07) is 18.8. The zero-order valence-electron chi connectivity index (χ0n) is 19.0. The van der Waals surface area contributed by atoms with E-state index in [0.717, 1.165) is 40.1 Å². The Balaban J connectivity index is 1.46. The van der Waals surface area contributed by atoms with Gasteiger partial charge in [-0.2, -0.15) is 5.10 Å². The second-order valence-corrected chi connectivity index (χ2v) is 8.63. The minimum atomic E-state index is -0.576. The average molecular weight is 466 g/mol. The lowest BCUT2D eigenvalue weighted by Crippen LogP contribution is -2.16. The van der Waals surface area contributed by atoms with Gasteiger partial charge < -0.3 is 20.5 Å². The van der Waals surface area contributed by atoms with Crippen molar-refractivity contribution >= 4 is 17.5 Å². The van der Waals surface area contributed by atoms with Gasteiger partial charge in [-0.25, -0.2) is 4.68 Å². The van der Waals surface area contributed by atoms with E-state index in [1.165, 1.54) is 0 Å². The molecular weight excluding hydrogens is 444 g/mol. The monoisotopic (exact) mass is 466 g/mol. The summed E-state index contributed by atoms with van der Waals surface area (Å²) in [4.78, 5) is 25.2. The Kier molecular flexibility index (Phi) is 4.81. The first-order valence-electron chi connectivity index (χ1n) is 11.3. The van der Waals surface area contributed by atoms with Crippen LogP contribution in [-0.2, 0) is 12.8 Å². The van der Waals surface area contributed by atoms with Crippen LogP contribution in [0.5, 0.6) is 11.5 Å². The molecule has 0 bridgehead atoms. The first-order chi connectivity index (χ1) is 17.0. The molecule has 3 aromatic carbocycles. The molecule has 3 N–H and O–H groups in total. The van der Waals surface area contributed by atoms with Crippen LogP contribution in [0.1, 0.15) is 37.5 Å². The number of aromatic nitrogens is 2. The first-order valence-corrected chi connectivity index (χ1v) is 11.3. The number of hydrogen-bond donors (Lipinski definition) is 2. The second kappa shape index (κ2) is 8.02. The maximum Gasteiger partial charge on any atom is 0.269 e. The van der Waals surface area contributed by atoms with Crippen LogP contribution in [0.4, 0.5) is 5.69 Å². The Hall–Kier alpha value is -4.59. The molecule has 0 fully saturated rings. The molecule has 6 rings (SSSR count). The molecule has 0 saturated heterocycles. The van der Waals surface area contributed by atoms with Crippen molar-refractivity contribution in [3.8, 4) is 28.4 Å². The van der Waals surface area contributed by atoms with Crippen LogP contribution < -0.4 is 20.5 Å². The molecular formula is C27H22N4O4. The van der Waals surface area contributed by atoms with E-state index in [2.05, 4.69) is 10.4 Å². The fourth-order valence-electron chi connectivity index (χ4n) is 4.74. The van der Waals surface area contributed by atoms with E-state index in [4.69, 9.17) is 15.2 Å². The summed E-state index contributed by atoms with van der Waals surface area (Å²) in [5.74, 6) is 0.517. The van der Waals surface area contributed by atoms with Crippen LogP contribution in [-0.4, -0.2) is 28.4 Å². The quantitative estimate of drug-likeness (QED) is 0.472. The smallest absolute Gasteiger partial charge is 0.269 e. The summed E-state index contributed by atoms with van der Waals surface area (Å²) in [7, 11) is 0. The number of fused-ring (bicyclic) bond motifs is 4. The molecule has 0 radical (unpaired) electrons. The number of amides is 2. The lowest BCUT2D eigenvalue weighted by molar-refractivity contribution is 0.0992. The van der Waals surface area contributed by atoms with Gasteiger partial charge in [-0.3, -0.25) is 9.59 Å². The molecule has 35 heavy (non-hydrogen) atoms. The number of hydrogen-bond acceptors (Lipinski definition) is 5. The van der Waals surface area contributed by atoms with Gasteiger partial charge in [0.1, 0.15) is 0 Å². The Morgan fingerprint density at radius 2 is 1.83 bits per heavy atom. The van der Waals surface area contributed by atoms with Gasteiger partial charge in [0.25, 0.3) is 11.8 Å². The van der Waals surface area contributed by atoms with E-state index in [0.29, 0.717) is 29.2 Å². The highest BCUT2D eigenvalue weighted by Crippen LogP contribution is 2.40. The van der Waals surface area contributed by atoms with Gasteiger partial charge in [-0.1, -0.05) is 24.3 Å². The number of primary amides is 1. The number of nitrogens with one attached hydrogen (secondary N) is 1. The summed E-state index contributed by atoms with van der Waals surface area (Å²) < 4.78 is 12.7. The van der Waals surface area contributed by atoms with E-state index in [1.54, 1.807) is 10.7 Å². The molecule has 1 aliphatic heterocycles. The average Bonchev–Trinajstić information content (AvgIpc) is 3.48. The molecule has 0 saturated carbocycles. The van der Waals surface area contributed by atoms with E-state index in [9.17, 15) is 9.59 Å². The number of ether oxygens (including phenoxy) is 2. The highest BCUT2D eigenvalue weighted by atomic mass is 16.7. The molecule has 2 heterocycles. The van der Waals surface area contributed by atoms with Crippen LogP contribution in [0.15, 0.2) is 60.7 Å². The van der Waals surface area contributed by atoms with Crippen molar-refractivity contribution in [3.63, 3.8) is 0 Å². The van der Waals surface area contributed by atoms with Crippen molar-refractivity contribution in [2.24, 2.45) is 5.73 Å². The predicted octanol–water partition coefficient (Wildman–Crippen LogP) is 4.03. The number of benzene rings is 3. The zero-order chi connectivity index (χ0) is 24.1. The fourth-order valence-corrected chi connectivity index (χ4v) is 4.74. The van der Waals surface area contributed by atoms with Gasteiger partial charge >= 0.3 is 0 Å². The van der Waals surface area contributed by atoms with Gasteiger partial charge in [0.2, 0.25) is 6.79 Å². The molecule has 174 valence electrons. The van der Waals surface area contributed by atoms with Crippen molar-refractivity contribution in [3.05, 3.63) is 88.6 Å². The van der Waals surface area contributed by atoms with Gasteiger partial charge in [-0.05, 0) is 61.2 Å². The third kappa shape index (κ3) is 3.50. The van der Waals surface area contributed by atoms with E-state index < -0.39 is 5.91 Å². The summed E-state index contributed by atoms with van der Waals surface area (Å²) in [6.07, 6.45) is 1.38. The molecule has 2 aliphatic rings. The van der Waals surface area contributed by atoms with Crippen molar-refractivity contribution in [2.75, 3.05) is 12.1 Å². The van der Waals surface area contributed by atoms with Crippen molar-refractivity contribution in [2.45, 2.75) is 19.8 Å². The fraction of sp³-hybridized carbons (Fsp3) is 0.148. The molecule has 0 unspecified atom stereocenters. The molecule has 8 nitrogen and oxygen atoms in total. The largest absolute Gasteiger partial charge is 0.454 e. The number of carbonyl (C=O) groups excluding carboxylic acids is 2. The Morgan fingerprint density at radius 1 is 1.00 bits per heavy atom. The normalized spacial score (nSPS) is 13.2. The molecule has 0 spiro atoms. The SMILES string of the molecule is Cc1ccccc1C(=O)Nc1ccc2c(c1)-c1c(c(C(N)=O)nn1-c1ccc3c(c1)OCO3)CC2. The van der Waals surface area contributed by atoms with Gasteiger partial charge in [-0.15, -0.1) is 0 Å². The predicted molar refractivity (Wildman–Crippen MR) is 130 cm³/mol. The van der Waals surface area contributed by atoms with Crippen LogP contribution in [0.25, 0.3) is 16.9 Å². The molecule has 0 atom stereocenters. The molecule has 1 aliphatic carbocycles. The summed E-state index contributed by atoms with van der Waals surface area (Å²) in [5, 5.41) is 7.60. The van der Waals surface area contributed by atoms with E-state index in [1.807, 2.05) is 61.5 Å².